The Morgan fingerprint density at radius 1 is 0.417 bits per heavy atom. The fourth-order valence-corrected chi connectivity index (χ4v) is 8.84. The third-order valence-electron chi connectivity index (χ3n) is 13.6. The number of unbranched alkanes of at least 4 members (excludes halogenated alkanes) is 36. The van der Waals surface area contributed by atoms with E-state index in [0.29, 0.717) is 23.9 Å². The molecule has 0 aliphatic rings. The molecule has 0 heterocycles. The average Bonchev–Trinajstić information content (AvgIpc) is 3.35. The number of likely N-dealkylation sites (N-methyl/N-ethyl adjacent to an activating group) is 1. The molecule has 0 aliphatic heterocycles. The van der Waals surface area contributed by atoms with Crippen LogP contribution in [0.4, 0.5) is 0 Å². The van der Waals surface area contributed by atoms with Crippen molar-refractivity contribution in [3.05, 3.63) is 36.5 Å². The molecule has 0 aliphatic carbocycles. The van der Waals surface area contributed by atoms with Crippen LogP contribution in [0.15, 0.2) is 36.5 Å². The Morgan fingerprint density at radius 3 is 1.15 bits per heavy atom. The third-order valence-corrected chi connectivity index (χ3v) is 13.6. The number of allylic oxidation sites excluding steroid dienone is 6. The standard InChI is InChI=1S/C63H117NO8/c1-6-8-10-12-14-16-18-20-22-23-24-25-26-27-28-29-30-31-32-33-34-35-36-37-38-39-40-42-43-45-47-49-51-53-60(65)70-57-59(58-71-63(62(67)68)69-56-55-64(3,4)5)72-61(66)54-52-50-48-46-44-41-21-19-17-15-13-11-9-7-2/h13,15,19,21,23-24,59,63H,6-12,14,16-18,20,22,25-58H2,1-5H3/b15-13-,21-19-,24-23-. The van der Waals surface area contributed by atoms with Gasteiger partial charge in [0.15, 0.2) is 12.4 Å². The summed E-state index contributed by atoms with van der Waals surface area (Å²) in [5.41, 5.74) is 0. The minimum atomic E-state index is -1.62. The van der Waals surface area contributed by atoms with Crippen LogP contribution in [0.1, 0.15) is 290 Å². The van der Waals surface area contributed by atoms with E-state index in [4.69, 9.17) is 18.9 Å². The SMILES string of the molecule is CCCC/C=C\C/C=C\CCCCCCCC(=O)OC(COC(=O)CCCCCCCCCCCCCCCCCCCCCCC/C=C\CCCCCCCCCC)COC(OCC[N+](C)(C)C)C(=O)[O-]. The Balaban J connectivity index is 4.02. The van der Waals surface area contributed by atoms with Gasteiger partial charge in [-0.2, -0.15) is 0 Å². The van der Waals surface area contributed by atoms with Crippen molar-refractivity contribution >= 4 is 17.9 Å². The van der Waals surface area contributed by atoms with Crippen molar-refractivity contribution in [1.82, 2.24) is 0 Å². The zero-order valence-corrected chi connectivity index (χ0v) is 48.1. The minimum absolute atomic E-state index is 0.146. The number of rotatable bonds is 57. The maximum absolute atomic E-state index is 12.8. The van der Waals surface area contributed by atoms with E-state index in [2.05, 4.69) is 50.3 Å². The van der Waals surface area contributed by atoms with Crippen molar-refractivity contribution in [2.24, 2.45) is 0 Å². The summed E-state index contributed by atoms with van der Waals surface area (Å²) < 4.78 is 22.7. The highest BCUT2D eigenvalue weighted by Crippen LogP contribution is 2.17. The molecule has 0 amide bonds. The number of quaternary nitrogens is 1. The monoisotopic (exact) mass is 1020 g/mol. The topological polar surface area (TPSA) is 111 Å². The molecular formula is C63H117NO8. The van der Waals surface area contributed by atoms with Gasteiger partial charge in [0.1, 0.15) is 13.2 Å². The molecule has 0 fully saturated rings. The molecular weight excluding hydrogens is 899 g/mol. The van der Waals surface area contributed by atoms with Crippen molar-refractivity contribution in [2.75, 3.05) is 47.5 Å². The lowest BCUT2D eigenvalue weighted by atomic mass is 10.0. The summed E-state index contributed by atoms with van der Waals surface area (Å²) >= 11 is 0. The van der Waals surface area contributed by atoms with E-state index in [1.165, 1.54) is 193 Å². The second-order valence-corrected chi connectivity index (χ2v) is 22.0. The Kier molecular flexibility index (Phi) is 52.9. The molecule has 0 saturated carbocycles. The summed E-state index contributed by atoms with van der Waals surface area (Å²) in [4.78, 5) is 37.2. The molecule has 72 heavy (non-hydrogen) atoms. The lowest BCUT2D eigenvalue weighted by Gasteiger charge is -2.26. The van der Waals surface area contributed by atoms with Gasteiger partial charge in [-0.25, -0.2) is 0 Å². The number of nitrogens with zero attached hydrogens (tertiary/aromatic N) is 1. The van der Waals surface area contributed by atoms with Gasteiger partial charge in [-0.15, -0.1) is 0 Å². The Bertz CT molecular complexity index is 1270. The summed E-state index contributed by atoms with van der Waals surface area (Å²) in [6.45, 7) is 4.72. The molecule has 0 spiro atoms. The fourth-order valence-electron chi connectivity index (χ4n) is 8.84. The lowest BCUT2D eigenvalue weighted by Crippen LogP contribution is -2.44. The van der Waals surface area contributed by atoms with Gasteiger partial charge in [0, 0.05) is 12.8 Å². The maximum atomic E-state index is 12.8. The predicted molar refractivity (Wildman–Crippen MR) is 302 cm³/mol. The Labute approximate surface area is 445 Å². The van der Waals surface area contributed by atoms with Gasteiger partial charge in [-0.1, -0.05) is 249 Å². The van der Waals surface area contributed by atoms with E-state index in [0.717, 1.165) is 64.2 Å². The molecule has 2 atom stereocenters. The number of esters is 2. The van der Waals surface area contributed by atoms with E-state index in [1.807, 2.05) is 21.1 Å². The van der Waals surface area contributed by atoms with Crippen LogP contribution in [0.5, 0.6) is 0 Å². The number of hydrogen-bond donors (Lipinski definition) is 0. The largest absolute Gasteiger partial charge is 0.545 e. The first-order valence-electron chi connectivity index (χ1n) is 30.6. The zero-order valence-electron chi connectivity index (χ0n) is 48.1. The van der Waals surface area contributed by atoms with Crippen LogP contribution in [-0.4, -0.2) is 82.3 Å². The number of carbonyl (C=O) groups is 3. The Morgan fingerprint density at radius 2 is 0.764 bits per heavy atom. The number of carboxylic acids is 1. The highest BCUT2D eigenvalue weighted by molar-refractivity contribution is 5.70. The Hall–Kier alpha value is -2.49. The van der Waals surface area contributed by atoms with Crippen molar-refractivity contribution in [2.45, 2.75) is 302 Å². The highest BCUT2D eigenvalue weighted by atomic mass is 16.7. The molecule has 0 saturated heterocycles. The molecule has 0 aromatic heterocycles. The average molecular weight is 1020 g/mol. The van der Waals surface area contributed by atoms with E-state index in [9.17, 15) is 19.5 Å². The summed E-state index contributed by atoms with van der Waals surface area (Å²) in [6.07, 6.45) is 63.7. The van der Waals surface area contributed by atoms with E-state index < -0.39 is 24.3 Å². The molecule has 0 N–H and O–H groups in total. The van der Waals surface area contributed by atoms with Crippen molar-refractivity contribution < 1.29 is 42.9 Å². The summed E-state index contributed by atoms with van der Waals surface area (Å²) in [7, 11) is 5.92. The summed E-state index contributed by atoms with van der Waals surface area (Å²) in [5.74, 6) is -2.29. The smallest absolute Gasteiger partial charge is 0.306 e. The van der Waals surface area contributed by atoms with Gasteiger partial charge < -0.3 is 33.3 Å². The third kappa shape index (κ3) is 55.3. The molecule has 0 aromatic carbocycles. The van der Waals surface area contributed by atoms with Crippen LogP contribution in [0.25, 0.3) is 0 Å². The summed E-state index contributed by atoms with van der Waals surface area (Å²) in [5, 5.41) is 11.8. The van der Waals surface area contributed by atoms with E-state index in [1.54, 1.807) is 0 Å². The van der Waals surface area contributed by atoms with Crippen LogP contribution >= 0.6 is 0 Å². The molecule has 2 unspecified atom stereocenters. The first kappa shape index (κ1) is 69.5. The fraction of sp³-hybridized carbons (Fsp3) is 0.857. The van der Waals surface area contributed by atoms with Crippen molar-refractivity contribution in [1.29, 1.82) is 0 Å². The second kappa shape index (κ2) is 54.8. The molecule has 9 nitrogen and oxygen atoms in total. The first-order chi connectivity index (χ1) is 35.1. The number of aliphatic carboxylic acids is 1. The lowest BCUT2D eigenvalue weighted by molar-refractivity contribution is -0.870. The number of ether oxygens (including phenoxy) is 4. The van der Waals surface area contributed by atoms with Crippen LogP contribution in [0.3, 0.4) is 0 Å². The maximum Gasteiger partial charge on any atom is 0.306 e. The van der Waals surface area contributed by atoms with Gasteiger partial charge in [0.05, 0.1) is 40.3 Å². The van der Waals surface area contributed by atoms with Gasteiger partial charge in [-0.05, 0) is 64.2 Å². The minimum Gasteiger partial charge on any atom is -0.545 e. The zero-order chi connectivity index (χ0) is 52.7. The van der Waals surface area contributed by atoms with Crippen LogP contribution < -0.4 is 5.11 Å². The molecule has 0 rings (SSSR count). The van der Waals surface area contributed by atoms with Gasteiger partial charge in [0.2, 0.25) is 0 Å². The number of hydrogen-bond acceptors (Lipinski definition) is 8. The van der Waals surface area contributed by atoms with E-state index >= 15 is 0 Å². The van der Waals surface area contributed by atoms with Gasteiger partial charge in [-0.3, -0.25) is 9.59 Å². The molecule has 9 heteroatoms. The van der Waals surface area contributed by atoms with E-state index in [-0.39, 0.29) is 32.2 Å². The van der Waals surface area contributed by atoms with Gasteiger partial charge in [0.25, 0.3) is 0 Å². The quantitative estimate of drug-likeness (QED) is 0.0195. The van der Waals surface area contributed by atoms with Gasteiger partial charge >= 0.3 is 11.9 Å². The van der Waals surface area contributed by atoms with Crippen LogP contribution in [-0.2, 0) is 33.3 Å². The number of carbonyl (C=O) groups excluding carboxylic acids is 3. The first-order valence-corrected chi connectivity index (χ1v) is 30.6. The highest BCUT2D eigenvalue weighted by Gasteiger charge is 2.22. The number of carboxylic acid groups (broad SMARTS) is 1. The predicted octanol–water partition coefficient (Wildman–Crippen LogP) is 16.7. The molecule has 0 bridgehead atoms. The van der Waals surface area contributed by atoms with Crippen LogP contribution in [0, 0.1) is 0 Å². The van der Waals surface area contributed by atoms with Crippen molar-refractivity contribution in [3.63, 3.8) is 0 Å². The molecule has 0 aromatic rings. The summed E-state index contributed by atoms with van der Waals surface area (Å²) in [6, 6.07) is 0. The normalized spacial score (nSPS) is 13.0. The van der Waals surface area contributed by atoms with Crippen molar-refractivity contribution in [3.8, 4) is 0 Å². The second-order valence-electron chi connectivity index (χ2n) is 22.0. The molecule has 422 valence electrons. The van der Waals surface area contributed by atoms with Crippen LogP contribution in [0.2, 0.25) is 0 Å². The molecule has 0 radical (unpaired) electrons.